The van der Waals surface area contributed by atoms with Gasteiger partial charge in [-0.2, -0.15) is 0 Å². The molecule has 2 unspecified atom stereocenters. The third-order valence-corrected chi connectivity index (χ3v) is 11.2. The van der Waals surface area contributed by atoms with Crippen LogP contribution >= 0.6 is 0 Å². The highest BCUT2D eigenvalue weighted by atomic mass is 16.4. The first-order valence-electron chi connectivity index (χ1n) is 13.7. The summed E-state index contributed by atoms with van der Waals surface area (Å²) < 4.78 is 0. The Bertz CT molecular complexity index is 952. The van der Waals surface area contributed by atoms with E-state index in [1.165, 1.54) is 6.92 Å². The molecule has 3 saturated carbocycles. The zero-order valence-electron chi connectivity index (χ0n) is 22.8. The van der Waals surface area contributed by atoms with E-state index in [4.69, 9.17) is 0 Å². The first-order chi connectivity index (χ1) is 16.4. The monoisotopic (exact) mass is 506 g/mol. The molecule has 0 radical (unpaired) electrons. The van der Waals surface area contributed by atoms with Gasteiger partial charge in [-0.15, -0.1) is 0 Å². The molecular weight excluding hydrogens is 460 g/mol. The van der Waals surface area contributed by atoms with Crippen molar-refractivity contribution < 1.29 is 35.1 Å². The summed E-state index contributed by atoms with van der Waals surface area (Å²) in [6.45, 7) is 10.8. The lowest BCUT2D eigenvalue weighted by Gasteiger charge is -2.61. The van der Waals surface area contributed by atoms with E-state index in [2.05, 4.69) is 6.92 Å². The van der Waals surface area contributed by atoms with Crippen LogP contribution in [-0.4, -0.2) is 66.1 Å². The van der Waals surface area contributed by atoms with E-state index in [0.29, 0.717) is 19.3 Å². The summed E-state index contributed by atoms with van der Waals surface area (Å²) in [6.07, 6.45) is 3.44. The Morgan fingerprint density at radius 1 is 1.14 bits per heavy atom. The van der Waals surface area contributed by atoms with Crippen molar-refractivity contribution in [1.82, 2.24) is 0 Å². The maximum absolute atomic E-state index is 13.5. The first kappa shape index (κ1) is 27.9. The van der Waals surface area contributed by atoms with Crippen LogP contribution in [-0.2, 0) is 9.59 Å². The number of aliphatic hydroxyl groups excluding tert-OH is 2. The lowest BCUT2D eigenvalue weighted by atomic mass is 9.44. The van der Waals surface area contributed by atoms with Crippen molar-refractivity contribution in [2.75, 3.05) is 0 Å². The molecule has 0 aromatic rings. The van der Waals surface area contributed by atoms with Crippen LogP contribution in [0, 0.1) is 34.5 Å². The van der Waals surface area contributed by atoms with Gasteiger partial charge in [-0.05, 0) is 107 Å². The molecule has 0 aromatic heterocycles. The minimum atomic E-state index is -1.92. The Balaban J connectivity index is 1.65. The highest BCUT2D eigenvalue weighted by Crippen LogP contribution is 2.68. The fourth-order valence-electron chi connectivity index (χ4n) is 8.66. The molecule has 0 amide bonds. The summed E-state index contributed by atoms with van der Waals surface area (Å²) >= 11 is 0. The molecule has 5 N–H and O–H groups in total. The fourth-order valence-corrected chi connectivity index (χ4v) is 8.66. The summed E-state index contributed by atoms with van der Waals surface area (Å²) in [5, 5.41) is 55.1. The topological polar surface area (TPSA) is 135 Å². The molecule has 0 aromatic carbocycles. The smallest absolute Gasteiger partial charge is 0.163 e. The van der Waals surface area contributed by atoms with Crippen LogP contribution in [0.4, 0.5) is 0 Å². The SMILES string of the molecule is CC(=O)[C@@]1(O)C[C@H]2C(=O)C=C3C(CC[C@]4(C)[C@@H](C(C)[C@H](O)CCC(C)(C)O)CC[C@@]34O)[C@@]2(C)C[C@@H]1O. The number of allylic oxidation sites excluding steroid dienone is 1. The molecule has 10 atom stereocenters. The summed E-state index contributed by atoms with van der Waals surface area (Å²) in [5.41, 5.74) is -4.39. The third-order valence-electron chi connectivity index (χ3n) is 11.2. The number of hydrogen-bond acceptors (Lipinski definition) is 7. The second-order valence-electron chi connectivity index (χ2n) is 13.8. The second kappa shape index (κ2) is 8.70. The minimum absolute atomic E-state index is 0.0570. The van der Waals surface area contributed by atoms with E-state index < -0.39 is 51.5 Å². The molecule has 204 valence electrons. The Morgan fingerprint density at radius 2 is 1.78 bits per heavy atom. The predicted molar refractivity (Wildman–Crippen MR) is 135 cm³/mol. The quantitative estimate of drug-likeness (QED) is 0.374. The lowest BCUT2D eigenvalue weighted by molar-refractivity contribution is -0.185. The van der Waals surface area contributed by atoms with Gasteiger partial charge in [-0.25, -0.2) is 0 Å². The van der Waals surface area contributed by atoms with Crippen LogP contribution in [0.3, 0.4) is 0 Å². The number of ketones is 2. The highest BCUT2D eigenvalue weighted by molar-refractivity contribution is 5.96. The first-order valence-corrected chi connectivity index (χ1v) is 13.7. The van der Waals surface area contributed by atoms with Crippen molar-refractivity contribution in [2.45, 2.75) is 122 Å². The number of hydrogen-bond donors (Lipinski definition) is 5. The molecule has 4 rings (SSSR count). The zero-order valence-corrected chi connectivity index (χ0v) is 22.8. The van der Waals surface area contributed by atoms with E-state index in [9.17, 15) is 35.1 Å². The normalized spacial score (nSPS) is 46.3. The largest absolute Gasteiger partial charge is 0.393 e. The second-order valence-corrected chi connectivity index (χ2v) is 13.8. The molecular formula is C29H46O7. The summed E-state index contributed by atoms with van der Waals surface area (Å²) in [6, 6.07) is 0. The van der Waals surface area contributed by atoms with Gasteiger partial charge in [0.25, 0.3) is 0 Å². The lowest BCUT2D eigenvalue weighted by Crippen LogP contribution is -2.64. The van der Waals surface area contributed by atoms with Crippen molar-refractivity contribution in [3.63, 3.8) is 0 Å². The van der Waals surface area contributed by atoms with Crippen LogP contribution < -0.4 is 0 Å². The Labute approximate surface area is 215 Å². The molecule has 0 heterocycles. The van der Waals surface area contributed by atoms with Crippen molar-refractivity contribution in [1.29, 1.82) is 0 Å². The molecule has 36 heavy (non-hydrogen) atoms. The summed E-state index contributed by atoms with van der Waals surface area (Å²) in [5.74, 6) is -1.44. The van der Waals surface area contributed by atoms with Gasteiger partial charge in [0.1, 0.15) is 5.60 Å². The fraction of sp³-hybridized carbons (Fsp3) is 0.862. The van der Waals surface area contributed by atoms with Crippen LogP contribution in [0.2, 0.25) is 0 Å². The molecule has 7 nitrogen and oxygen atoms in total. The van der Waals surface area contributed by atoms with Gasteiger partial charge in [0, 0.05) is 11.3 Å². The van der Waals surface area contributed by atoms with Crippen molar-refractivity contribution in [3.05, 3.63) is 11.6 Å². The standard InChI is InChI=1S/C29H46O7/c1-16(22(31)9-10-25(3,4)34)18-8-12-29(36)20-13-23(32)21-14-28(35,17(2)30)24(33)15-26(21,5)19(20)7-11-27(18,29)6/h13,16,18-19,21-22,24,31,33-36H,7-12,14-15H2,1-6H3/t16?,18-,19?,21+,22-,24+,26-,27-,28+,29-/m1/s1. The van der Waals surface area contributed by atoms with Crippen molar-refractivity contribution >= 4 is 11.6 Å². The van der Waals surface area contributed by atoms with E-state index in [1.54, 1.807) is 19.9 Å². The van der Waals surface area contributed by atoms with Crippen LogP contribution in [0.15, 0.2) is 11.6 Å². The van der Waals surface area contributed by atoms with Gasteiger partial charge in [0.2, 0.25) is 0 Å². The van der Waals surface area contributed by atoms with E-state index >= 15 is 0 Å². The molecule has 0 bridgehead atoms. The Kier molecular flexibility index (Phi) is 6.74. The molecule has 0 saturated heterocycles. The van der Waals surface area contributed by atoms with E-state index in [0.717, 1.165) is 24.8 Å². The number of Topliss-reactive ketones (excluding diaryl/α,β-unsaturated/α-hetero) is 1. The van der Waals surface area contributed by atoms with Gasteiger partial charge in [-0.3, -0.25) is 9.59 Å². The average Bonchev–Trinajstić information content (AvgIpc) is 3.04. The molecule has 0 aliphatic heterocycles. The van der Waals surface area contributed by atoms with Crippen LogP contribution in [0.5, 0.6) is 0 Å². The molecule has 4 aliphatic rings. The van der Waals surface area contributed by atoms with E-state index in [1.807, 2.05) is 13.8 Å². The van der Waals surface area contributed by atoms with Gasteiger partial charge >= 0.3 is 0 Å². The Hall–Kier alpha value is -1.12. The third kappa shape index (κ3) is 3.96. The summed E-state index contributed by atoms with van der Waals surface area (Å²) in [7, 11) is 0. The number of carbonyl (C=O) groups excluding carboxylic acids is 2. The number of rotatable bonds is 6. The minimum Gasteiger partial charge on any atom is -0.393 e. The molecule has 7 heteroatoms. The van der Waals surface area contributed by atoms with Crippen LogP contribution in [0.25, 0.3) is 0 Å². The molecule has 4 aliphatic carbocycles. The van der Waals surface area contributed by atoms with Gasteiger partial charge in [-0.1, -0.05) is 20.8 Å². The number of aliphatic hydroxyl groups is 5. The van der Waals surface area contributed by atoms with Gasteiger partial charge in [0.15, 0.2) is 11.6 Å². The Morgan fingerprint density at radius 3 is 2.36 bits per heavy atom. The predicted octanol–water partition coefficient (Wildman–Crippen LogP) is 2.70. The van der Waals surface area contributed by atoms with Gasteiger partial charge < -0.3 is 25.5 Å². The van der Waals surface area contributed by atoms with Crippen molar-refractivity contribution in [3.8, 4) is 0 Å². The van der Waals surface area contributed by atoms with E-state index in [-0.39, 0.29) is 36.4 Å². The summed E-state index contributed by atoms with van der Waals surface area (Å²) in [4.78, 5) is 25.7. The number of fused-ring (bicyclic) bond motifs is 5. The van der Waals surface area contributed by atoms with Crippen LogP contribution in [0.1, 0.15) is 92.9 Å². The van der Waals surface area contributed by atoms with Gasteiger partial charge in [0.05, 0.1) is 23.4 Å². The molecule has 0 spiro atoms. The number of carbonyl (C=O) groups is 2. The van der Waals surface area contributed by atoms with Crippen molar-refractivity contribution in [2.24, 2.45) is 34.5 Å². The zero-order chi connectivity index (χ0) is 27.1. The highest BCUT2D eigenvalue weighted by Gasteiger charge is 2.68. The average molecular weight is 507 g/mol. The molecule has 3 fully saturated rings. The maximum atomic E-state index is 13.5. The maximum Gasteiger partial charge on any atom is 0.163 e.